The van der Waals surface area contributed by atoms with Gasteiger partial charge in [0, 0.05) is 6.42 Å². The first-order valence-corrected chi connectivity index (χ1v) is 34.7. The van der Waals surface area contributed by atoms with Crippen molar-refractivity contribution in [2.45, 2.75) is 333 Å². The number of carbonyl (C=O) groups is 2. The van der Waals surface area contributed by atoms with Gasteiger partial charge in [0.05, 0.1) is 25.4 Å². The average molecular weight is 1190 g/mol. The number of aliphatic hydroxyl groups excluding tert-OH is 5. The molecule has 488 valence electrons. The SMILES string of the molecule is CCCCC/C=C\C/C=C\C/C=C\C/C=C\CCCCCCCCCCCCCC(=O)OC1C(OCC(NC(=O)C(O)CC/C=C\C/C=C\C/C=C\C/C=C\CCCCC)C(O)/C=C/CCCCCCCCCCCCC)OC(CO)C(O)C1O. The van der Waals surface area contributed by atoms with E-state index in [1.807, 2.05) is 18.2 Å². The molecule has 0 bridgehead atoms. The molecule has 8 unspecified atom stereocenters. The Labute approximate surface area is 519 Å². The normalized spacial score (nSPS) is 19.1. The third-order valence-corrected chi connectivity index (χ3v) is 15.7. The molecule has 1 aliphatic rings. The number of allylic oxidation sites excluding steroid dienone is 17. The van der Waals surface area contributed by atoms with Crippen LogP contribution in [-0.4, -0.2) is 99.6 Å². The number of carbonyl (C=O) groups excluding carboxylic acids is 2. The van der Waals surface area contributed by atoms with Crippen LogP contribution in [0.15, 0.2) is 109 Å². The topological polar surface area (TPSA) is 175 Å². The van der Waals surface area contributed by atoms with E-state index in [1.165, 1.54) is 135 Å². The monoisotopic (exact) mass is 1190 g/mol. The number of rotatable bonds is 58. The summed E-state index contributed by atoms with van der Waals surface area (Å²) in [5.41, 5.74) is 0. The van der Waals surface area contributed by atoms with Gasteiger partial charge in [-0.05, 0) is 109 Å². The molecule has 6 N–H and O–H groups in total. The summed E-state index contributed by atoms with van der Waals surface area (Å²) in [5, 5.41) is 57.1. The molecule has 0 aliphatic carbocycles. The van der Waals surface area contributed by atoms with E-state index in [4.69, 9.17) is 14.2 Å². The summed E-state index contributed by atoms with van der Waals surface area (Å²) >= 11 is 0. The molecule has 0 aromatic carbocycles. The maximum atomic E-state index is 13.4. The summed E-state index contributed by atoms with van der Waals surface area (Å²) in [6.07, 6.45) is 72.8. The molecule has 0 aromatic rings. The van der Waals surface area contributed by atoms with Crippen LogP contribution in [0.3, 0.4) is 0 Å². The number of hydrogen-bond donors (Lipinski definition) is 6. The van der Waals surface area contributed by atoms with Crippen molar-refractivity contribution in [3.05, 3.63) is 109 Å². The van der Waals surface area contributed by atoms with Crippen LogP contribution in [0.4, 0.5) is 0 Å². The van der Waals surface area contributed by atoms with Crippen LogP contribution >= 0.6 is 0 Å². The highest BCUT2D eigenvalue weighted by Crippen LogP contribution is 2.26. The first-order chi connectivity index (χ1) is 41.7. The fraction of sp³-hybridized carbons (Fsp3) is 0.730. The van der Waals surface area contributed by atoms with Gasteiger partial charge >= 0.3 is 5.97 Å². The van der Waals surface area contributed by atoms with E-state index in [0.29, 0.717) is 12.8 Å². The summed E-state index contributed by atoms with van der Waals surface area (Å²) in [7, 11) is 0. The molecule has 85 heavy (non-hydrogen) atoms. The molecule has 0 aromatic heterocycles. The Morgan fingerprint density at radius 3 is 1.24 bits per heavy atom. The molecular formula is C74H127NO10. The van der Waals surface area contributed by atoms with Crippen molar-refractivity contribution in [3.63, 3.8) is 0 Å². The predicted octanol–water partition coefficient (Wildman–Crippen LogP) is 17.6. The Bertz CT molecular complexity index is 1800. The number of nitrogens with one attached hydrogen (secondary N) is 1. The van der Waals surface area contributed by atoms with Crippen molar-refractivity contribution in [2.24, 2.45) is 0 Å². The fourth-order valence-corrected chi connectivity index (χ4v) is 10.2. The zero-order valence-electron chi connectivity index (χ0n) is 54.2. The molecule has 1 fully saturated rings. The Balaban J connectivity index is 2.61. The van der Waals surface area contributed by atoms with Gasteiger partial charge in [-0.2, -0.15) is 0 Å². The fourth-order valence-electron chi connectivity index (χ4n) is 10.2. The third kappa shape index (κ3) is 48.0. The Kier molecular flexibility index (Phi) is 56.6. The highest BCUT2D eigenvalue weighted by atomic mass is 16.7. The molecule has 8 atom stereocenters. The molecule has 1 heterocycles. The average Bonchev–Trinajstić information content (AvgIpc) is 2.50. The first kappa shape index (κ1) is 79.3. The number of amides is 1. The summed E-state index contributed by atoms with van der Waals surface area (Å²) < 4.78 is 17.7. The van der Waals surface area contributed by atoms with Crippen LogP contribution in [0.1, 0.15) is 284 Å². The number of ether oxygens (including phenoxy) is 3. The van der Waals surface area contributed by atoms with Crippen molar-refractivity contribution in [1.82, 2.24) is 5.32 Å². The first-order valence-electron chi connectivity index (χ1n) is 34.7. The maximum absolute atomic E-state index is 13.4. The molecule has 11 heteroatoms. The van der Waals surface area contributed by atoms with Crippen molar-refractivity contribution in [1.29, 1.82) is 0 Å². The highest BCUT2D eigenvalue weighted by Gasteiger charge is 2.47. The van der Waals surface area contributed by atoms with Gasteiger partial charge in [0.2, 0.25) is 5.91 Å². The van der Waals surface area contributed by atoms with E-state index in [1.54, 1.807) is 6.08 Å². The molecule has 0 spiro atoms. The van der Waals surface area contributed by atoms with Gasteiger partial charge in [0.25, 0.3) is 0 Å². The minimum atomic E-state index is -1.63. The summed E-state index contributed by atoms with van der Waals surface area (Å²) in [6, 6.07) is -1.06. The van der Waals surface area contributed by atoms with Crippen molar-refractivity contribution >= 4 is 11.9 Å². The minimum absolute atomic E-state index is 0.108. The smallest absolute Gasteiger partial charge is 0.306 e. The van der Waals surface area contributed by atoms with E-state index in [0.717, 1.165) is 103 Å². The summed E-state index contributed by atoms with van der Waals surface area (Å²) in [5.74, 6) is -1.26. The van der Waals surface area contributed by atoms with Crippen LogP contribution in [0.5, 0.6) is 0 Å². The zero-order valence-corrected chi connectivity index (χ0v) is 54.2. The molecule has 0 saturated carbocycles. The lowest BCUT2D eigenvalue weighted by Crippen LogP contribution is -2.61. The summed E-state index contributed by atoms with van der Waals surface area (Å²) in [6.45, 7) is 5.71. The highest BCUT2D eigenvalue weighted by molar-refractivity contribution is 5.80. The number of unbranched alkanes of at least 4 members (excludes halogenated alkanes) is 28. The maximum Gasteiger partial charge on any atom is 0.306 e. The molecule has 1 aliphatic heterocycles. The van der Waals surface area contributed by atoms with Crippen LogP contribution < -0.4 is 5.32 Å². The second-order valence-electron chi connectivity index (χ2n) is 23.6. The molecule has 11 nitrogen and oxygen atoms in total. The largest absolute Gasteiger partial charge is 0.454 e. The van der Waals surface area contributed by atoms with E-state index < -0.39 is 67.4 Å². The second-order valence-corrected chi connectivity index (χ2v) is 23.6. The standard InChI is InChI=1S/C74H127NO10/c1-4-7-10-13-16-19-22-25-27-29-30-31-32-33-34-35-36-37-38-39-41-44-47-50-53-56-59-62-69(79)85-72-71(81)70(80)68(63-76)84-74(72)83-64-65(66(77)60-57-54-51-48-45-42-24-21-18-15-12-9-6-3)75-73(82)67(78)61-58-55-52-49-46-43-40-28-26-23-20-17-14-11-8-5-2/h16-17,19-20,25-28,30-31,33-34,43,46,52,55,57,60,65-68,70-72,74,76-78,80-81H,4-15,18,21-24,29,32,35-42,44-45,47-51,53-54,56,58-59,61-64H2,1-3H3,(H,75,82)/b19-16-,20-17-,27-25-,28-26-,31-30-,34-33-,46-43-,55-52-,60-57+. The number of esters is 1. The van der Waals surface area contributed by atoms with Crippen LogP contribution in [0.2, 0.25) is 0 Å². The van der Waals surface area contributed by atoms with Crippen LogP contribution in [-0.2, 0) is 23.8 Å². The molecule has 1 saturated heterocycles. The van der Waals surface area contributed by atoms with Crippen molar-refractivity contribution in [3.8, 4) is 0 Å². The Morgan fingerprint density at radius 2 is 0.812 bits per heavy atom. The lowest BCUT2D eigenvalue weighted by molar-refractivity contribution is -0.305. The minimum Gasteiger partial charge on any atom is -0.454 e. The van der Waals surface area contributed by atoms with Gasteiger partial charge in [-0.1, -0.05) is 278 Å². The van der Waals surface area contributed by atoms with Gasteiger partial charge in [0.15, 0.2) is 12.4 Å². The lowest BCUT2D eigenvalue weighted by Gasteiger charge is -2.41. The van der Waals surface area contributed by atoms with Crippen LogP contribution in [0, 0.1) is 0 Å². The zero-order chi connectivity index (χ0) is 61.7. The lowest BCUT2D eigenvalue weighted by atomic mass is 9.99. The second kappa shape index (κ2) is 60.6. The van der Waals surface area contributed by atoms with Crippen molar-refractivity contribution < 1.29 is 49.3 Å². The van der Waals surface area contributed by atoms with E-state index in [9.17, 15) is 35.1 Å². The summed E-state index contributed by atoms with van der Waals surface area (Å²) in [4.78, 5) is 26.6. The predicted molar refractivity (Wildman–Crippen MR) is 356 cm³/mol. The van der Waals surface area contributed by atoms with E-state index in [-0.39, 0.29) is 19.4 Å². The van der Waals surface area contributed by atoms with E-state index >= 15 is 0 Å². The Hall–Kier alpha value is -3.68. The molecule has 1 amide bonds. The molecular weight excluding hydrogens is 1060 g/mol. The molecule has 0 radical (unpaired) electrons. The van der Waals surface area contributed by atoms with Gasteiger partial charge < -0.3 is 45.1 Å². The number of aliphatic hydroxyl groups is 5. The number of hydrogen-bond acceptors (Lipinski definition) is 10. The van der Waals surface area contributed by atoms with Crippen molar-refractivity contribution in [2.75, 3.05) is 13.2 Å². The van der Waals surface area contributed by atoms with Crippen LogP contribution in [0.25, 0.3) is 0 Å². The van der Waals surface area contributed by atoms with Gasteiger partial charge in [0.1, 0.15) is 24.4 Å². The van der Waals surface area contributed by atoms with Gasteiger partial charge in [-0.3, -0.25) is 9.59 Å². The third-order valence-electron chi connectivity index (χ3n) is 15.7. The van der Waals surface area contributed by atoms with E-state index in [2.05, 4.69) is 111 Å². The van der Waals surface area contributed by atoms with Gasteiger partial charge in [-0.25, -0.2) is 0 Å². The quantitative estimate of drug-likeness (QED) is 0.0195. The van der Waals surface area contributed by atoms with Gasteiger partial charge in [-0.15, -0.1) is 0 Å². The Morgan fingerprint density at radius 1 is 0.459 bits per heavy atom. The molecule has 1 rings (SSSR count).